The average molecular weight is 391 g/mol. The van der Waals surface area contributed by atoms with Crippen molar-refractivity contribution in [3.63, 3.8) is 0 Å². The van der Waals surface area contributed by atoms with E-state index in [1.807, 2.05) is 4.90 Å². The number of carbonyl (C=O) groups is 2. The number of nitrogens with one attached hydrogen (secondary N) is 1. The fourth-order valence-corrected chi connectivity index (χ4v) is 5.38. The van der Waals surface area contributed by atoms with Crippen LogP contribution in [-0.4, -0.2) is 84.9 Å². The topological polar surface area (TPSA) is 55.9 Å². The molecule has 2 amide bonds. The van der Waals surface area contributed by atoms with Crippen LogP contribution >= 0.6 is 0 Å². The molecular formula is C22H38N4O2. The second kappa shape index (κ2) is 9.57. The SMILES string of the molecule is O=C(NCCN1CCCCC1)C(C1CCCC1)N1CCN(C(=O)C2CC2)CC1. The minimum atomic E-state index is 0.00188. The summed E-state index contributed by atoms with van der Waals surface area (Å²) in [6.07, 6.45) is 10.9. The number of piperidine rings is 1. The lowest BCUT2D eigenvalue weighted by molar-refractivity contribution is -0.136. The Hall–Kier alpha value is -1.14. The van der Waals surface area contributed by atoms with Gasteiger partial charge in [-0.1, -0.05) is 19.3 Å². The molecule has 28 heavy (non-hydrogen) atoms. The zero-order valence-electron chi connectivity index (χ0n) is 17.4. The van der Waals surface area contributed by atoms with E-state index in [9.17, 15) is 9.59 Å². The van der Waals surface area contributed by atoms with Gasteiger partial charge in [0, 0.05) is 45.2 Å². The first-order chi connectivity index (χ1) is 13.7. The van der Waals surface area contributed by atoms with Crippen molar-refractivity contribution in [3.8, 4) is 0 Å². The maximum atomic E-state index is 13.2. The Morgan fingerprint density at radius 2 is 1.50 bits per heavy atom. The molecule has 0 spiro atoms. The zero-order valence-corrected chi connectivity index (χ0v) is 17.4. The van der Waals surface area contributed by atoms with Crippen LogP contribution in [0.5, 0.6) is 0 Å². The van der Waals surface area contributed by atoms with E-state index in [0.717, 1.165) is 52.1 Å². The van der Waals surface area contributed by atoms with Crippen molar-refractivity contribution in [2.45, 2.75) is 63.8 Å². The van der Waals surface area contributed by atoms with Crippen LogP contribution in [0.3, 0.4) is 0 Å². The van der Waals surface area contributed by atoms with Gasteiger partial charge in [-0.3, -0.25) is 14.5 Å². The van der Waals surface area contributed by atoms with E-state index in [1.165, 1.54) is 58.0 Å². The van der Waals surface area contributed by atoms with Crippen molar-refractivity contribution < 1.29 is 9.59 Å². The van der Waals surface area contributed by atoms with Gasteiger partial charge in [-0.25, -0.2) is 0 Å². The van der Waals surface area contributed by atoms with Crippen LogP contribution in [0, 0.1) is 11.8 Å². The molecule has 6 heteroatoms. The monoisotopic (exact) mass is 390 g/mol. The largest absolute Gasteiger partial charge is 0.353 e. The fourth-order valence-electron chi connectivity index (χ4n) is 5.38. The lowest BCUT2D eigenvalue weighted by Gasteiger charge is -2.41. The summed E-state index contributed by atoms with van der Waals surface area (Å²) in [6.45, 7) is 7.38. The molecular weight excluding hydrogens is 352 g/mol. The van der Waals surface area contributed by atoms with Gasteiger partial charge in [0.25, 0.3) is 0 Å². The summed E-state index contributed by atoms with van der Waals surface area (Å²) < 4.78 is 0. The van der Waals surface area contributed by atoms with Gasteiger partial charge in [0.05, 0.1) is 6.04 Å². The fraction of sp³-hybridized carbons (Fsp3) is 0.909. The molecule has 1 N–H and O–H groups in total. The summed E-state index contributed by atoms with van der Waals surface area (Å²) in [6, 6.07) is 0.00188. The number of nitrogens with zero attached hydrogens (tertiary/aromatic N) is 3. The summed E-state index contributed by atoms with van der Waals surface area (Å²) in [5, 5.41) is 3.26. The van der Waals surface area contributed by atoms with Crippen molar-refractivity contribution in [1.29, 1.82) is 0 Å². The van der Waals surface area contributed by atoms with Crippen molar-refractivity contribution in [2.75, 3.05) is 52.4 Å². The molecule has 4 fully saturated rings. The predicted octanol–water partition coefficient (Wildman–Crippen LogP) is 1.70. The minimum Gasteiger partial charge on any atom is -0.353 e. The van der Waals surface area contributed by atoms with Crippen LogP contribution in [0.25, 0.3) is 0 Å². The third-order valence-corrected chi connectivity index (χ3v) is 7.24. The van der Waals surface area contributed by atoms with Crippen LogP contribution in [0.2, 0.25) is 0 Å². The molecule has 2 aliphatic heterocycles. The zero-order chi connectivity index (χ0) is 19.3. The second-order valence-electron chi connectivity index (χ2n) is 9.32. The maximum Gasteiger partial charge on any atom is 0.237 e. The van der Waals surface area contributed by atoms with Gasteiger partial charge in [-0.2, -0.15) is 0 Å². The first kappa shape index (κ1) is 20.1. The molecule has 0 radical (unpaired) electrons. The molecule has 2 heterocycles. The molecule has 0 aromatic carbocycles. The molecule has 158 valence electrons. The number of likely N-dealkylation sites (tertiary alicyclic amines) is 1. The van der Waals surface area contributed by atoms with Crippen molar-refractivity contribution in [1.82, 2.24) is 20.0 Å². The van der Waals surface area contributed by atoms with E-state index in [2.05, 4.69) is 15.1 Å². The summed E-state index contributed by atoms with van der Waals surface area (Å²) in [5.41, 5.74) is 0. The maximum absolute atomic E-state index is 13.2. The number of rotatable bonds is 7. The average Bonchev–Trinajstić information content (AvgIpc) is 3.45. The van der Waals surface area contributed by atoms with E-state index in [-0.39, 0.29) is 11.9 Å². The van der Waals surface area contributed by atoms with Gasteiger partial charge >= 0.3 is 0 Å². The Balaban J connectivity index is 1.28. The predicted molar refractivity (Wildman–Crippen MR) is 110 cm³/mol. The van der Waals surface area contributed by atoms with Crippen LogP contribution in [0.1, 0.15) is 57.8 Å². The smallest absolute Gasteiger partial charge is 0.237 e. The highest BCUT2D eigenvalue weighted by molar-refractivity contribution is 5.82. The van der Waals surface area contributed by atoms with E-state index in [1.54, 1.807) is 0 Å². The van der Waals surface area contributed by atoms with Crippen molar-refractivity contribution >= 4 is 11.8 Å². The van der Waals surface area contributed by atoms with Crippen molar-refractivity contribution in [2.24, 2.45) is 11.8 Å². The number of piperazine rings is 1. The second-order valence-corrected chi connectivity index (χ2v) is 9.32. The lowest BCUT2D eigenvalue weighted by Crippen LogP contribution is -2.58. The molecule has 2 saturated carbocycles. The lowest BCUT2D eigenvalue weighted by atomic mass is 9.95. The molecule has 0 aromatic rings. The molecule has 0 aromatic heterocycles. The molecule has 2 saturated heterocycles. The summed E-state index contributed by atoms with van der Waals surface area (Å²) >= 11 is 0. The standard InChI is InChI=1S/C22H38N4O2/c27-21(23-10-13-24-11-4-1-5-12-24)20(18-6-2-3-7-18)25-14-16-26(17-15-25)22(28)19-8-9-19/h18-20H,1-17H2,(H,23,27). The van der Waals surface area contributed by atoms with E-state index >= 15 is 0 Å². The normalized spacial score (nSPS) is 26.4. The summed E-state index contributed by atoms with van der Waals surface area (Å²) in [7, 11) is 0. The Bertz CT molecular complexity index is 531. The number of hydrogen-bond donors (Lipinski definition) is 1. The molecule has 6 nitrogen and oxygen atoms in total. The third-order valence-electron chi connectivity index (χ3n) is 7.24. The molecule has 2 aliphatic carbocycles. The highest BCUT2D eigenvalue weighted by Crippen LogP contribution is 2.33. The Kier molecular flexibility index (Phi) is 6.89. The Morgan fingerprint density at radius 1 is 0.821 bits per heavy atom. The molecule has 4 rings (SSSR count). The highest BCUT2D eigenvalue weighted by Gasteiger charge is 2.39. The number of hydrogen-bond acceptors (Lipinski definition) is 4. The Morgan fingerprint density at radius 3 is 2.14 bits per heavy atom. The summed E-state index contributed by atoms with van der Waals surface area (Å²) in [5.74, 6) is 1.37. The van der Waals surface area contributed by atoms with Crippen LogP contribution in [0.15, 0.2) is 0 Å². The van der Waals surface area contributed by atoms with Gasteiger partial charge in [0.2, 0.25) is 11.8 Å². The molecule has 1 atom stereocenters. The molecule has 4 aliphatic rings. The van der Waals surface area contributed by atoms with Gasteiger partial charge < -0.3 is 15.1 Å². The number of carbonyl (C=O) groups excluding carboxylic acids is 2. The van der Waals surface area contributed by atoms with Crippen LogP contribution < -0.4 is 5.32 Å². The van der Waals surface area contributed by atoms with E-state index < -0.39 is 0 Å². The number of amides is 2. The first-order valence-electron chi connectivity index (χ1n) is 11.8. The Labute approximate surface area is 170 Å². The van der Waals surface area contributed by atoms with Crippen LogP contribution in [-0.2, 0) is 9.59 Å². The molecule has 0 bridgehead atoms. The van der Waals surface area contributed by atoms with Gasteiger partial charge in [-0.05, 0) is 57.5 Å². The first-order valence-corrected chi connectivity index (χ1v) is 11.8. The highest BCUT2D eigenvalue weighted by atomic mass is 16.2. The third kappa shape index (κ3) is 5.07. The van der Waals surface area contributed by atoms with Gasteiger partial charge in [0.1, 0.15) is 0 Å². The van der Waals surface area contributed by atoms with Gasteiger partial charge in [-0.15, -0.1) is 0 Å². The van der Waals surface area contributed by atoms with Crippen molar-refractivity contribution in [3.05, 3.63) is 0 Å². The molecule has 1 unspecified atom stereocenters. The van der Waals surface area contributed by atoms with E-state index in [0.29, 0.717) is 17.7 Å². The van der Waals surface area contributed by atoms with E-state index in [4.69, 9.17) is 0 Å². The summed E-state index contributed by atoms with van der Waals surface area (Å²) in [4.78, 5) is 32.4. The van der Waals surface area contributed by atoms with Gasteiger partial charge in [0.15, 0.2) is 0 Å². The minimum absolute atomic E-state index is 0.00188. The van der Waals surface area contributed by atoms with Crippen LogP contribution in [0.4, 0.5) is 0 Å². The quantitative estimate of drug-likeness (QED) is 0.719.